The fourth-order valence-corrected chi connectivity index (χ4v) is 2.76. The van der Waals surface area contributed by atoms with Gasteiger partial charge in [-0.1, -0.05) is 23.7 Å². The molecule has 0 amide bonds. The van der Waals surface area contributed by atoms with E-state index in [-0.39, 0.29) is 0 Å². The summed E-state index contributed by atoms with van der Waals surface area (Å²) in [6.07, 6.45) is 0. The van der Waals surface area contributed by atoms with E-state index >= 15 is 0 Å². The minimum atomic E-state index is 0.508. The van der Waals surface area contributed by atoms with Crippen LogP contribution in [0.15, 0.2) is 29.3 Å². The van der Waals surface area contributed by atoms with Crippen LogP contribution in [0.25, 0.3) is 0 Å². The highest BCUT2D eigenvalue weighted by Crippen LogP contribution is 2.10. The second kappa shape index (κ2) is 9.11. The number of benzene rings is 1. The van der Waals surface area contributed by atoms with Gasteiger partial charge in [-0.3, -0.25) is 4.90 Å². The van der Waals surface area contributed by atoms with Gasteiger partial charge in [0.2, 0.25) is 0 Å². The van der Waals surface area contributed by atoms with Crippen molar-refractivity contribution in [3.8, 4) is 0 Å². The Hall–Kier alpha value is -1.30. The van der Waals surface area contributed by atoms with Gasteiger partial charge in [0, 0.05) is 43.8 Å². The van der Waals surface area contributed by atoms with Crippen molar-refractivity contribution in [1.82, 2.24) is 20.4 Å². The summed E-state index contributed by atoms with van der Waals surface area (Å²) in [4.78, 5) is 9.45. The molecule has 1 saturated heterocycles. The molecule has 0 aromatic heterocycles. The fourth-order valence-electron chi connectivity index (χ4n) is 2.64. The largest absolute Gasteiger partial charge is 0.357 e. The number of hydrogen-bond donors (Lipinski definition) is 2. The Morgan fingerprint density at radius 3 is 2.65 bits per heavy atom. The van der Waals surface area contributed by atoms with Gasteiger partial charge in [-0.05, 0) is 38.7 Å². The van der Waals surface area contributed by atoms with Crippen molar-refractivity contribution in [2.75, 3.05) is 46.8 Å². The van der Waals surface area contributed by atoms with E-state index in [1.54, 1.807) is 0 Å². The average Bonchev–Trinajstić information content (AvgIpc) is 2.54. The zero-order chi connectivity index (χ0) is 16.7. The van der Waals surface area contributed by atoms with Gasteiger partial charge in [0.25, 0.3) is 0 Å². The summed E-state index contributed by atoms with van der Waals surface area (Å²) in [5, 5.41) is 7.53. The monoisotopic (exact) mass is 337 g/mol. The Labute approximate surface area is 144 Å². The second-order valence-corrected chi connectivity index (χ2v) is 6.54. The zero-order valence-corrected chi connectivity index (χ0v) is 15.1. The molecule has 6 heteroatoms. The maximum Gasteiger partial charge on any atom is 0.191 e. The van der Waals surface area contributed by atoms with Crippen molar-refractivity contribution in [3.63, 3.8) is 0 Å². The maximum absolute atomic E-state index is 5.92. The third-order valence-corrected chi connectivity index (χ3v) is 4.41. The predicted octanol–water partition coefficient (Wildman–Crippen LogP) is 1.64. The van der Waals surface area contributed by atoms with Gasteiger partial charge in [-0.2, -0.15) is 0 Å². The molecule has 0 radical (unpaired) electrons. The third-order valence-electron chi connectivity index (χ3n) is 4.16. The van der Waals surface area contributed by atoms with E-state index in [4.69, 9.17) is 11.6 Å². The molecular weight excluding hydrogens is 310 g/mol. The lowest BCUT2D eigenvalue weighted by molar-refractivity contribution is 0.116. The van der Waals surface area contributed by atoms with Gasteiger partial charge in [0.05, 0.1) is 6.54 Å². The summed E-state index contributed by atoms with van der Waals surface area (Å²) in [7, 11) is 4.37. The number of hydrogen-bond acceptors (Lipinski definition) is 3. The highest BCUT2D eigenvalue weighted by Gasteiger charge is 2.21. The highest BCUT2D eigenvalue weighted by atomic mass is 35.5. The van der Waals surface area contributed by atoms with Crippen molar-refractivity contribution in [3.05, 3.63) is 34.9 Å². The number of nitrogens with zero attached hydrogens (tertiary/aromatic N) is 3. The topological polar surface area (TPSA) is 42.9 Å². The number of piperazine rings is 1. The Morgan fingerprint density at radius 2 is 1.96 bits per heavy atom. The summed E-state index contributed by atoms with van der Waals surface area (Å²) in [5.74, 6) is 0.865. The molecule has 1 aromatic carbocycles. The molecule has 1 heterocycles. The summed E-state index contributed by atoms with van der Waals surface area (Å²) in [6, 6.07) is 8.34. The molecule has 1 unspecified atom stereocenters. The van der Waals surface area contributed by atoms with Crippen molar-refractivity contribution >= 4 is 17.6 Å². The van der Waals surface area contributed by atoms with Crippen molar-refractivity contribution in [2.24, 2.45) is 4.99 Å². The van der Waals surface area contributed by atoms with Crippen LogP contribution in [0, 0.1) is 0 Å². The van der Waals surface area contributed by atoms with Crippen molar-refractivity contribution in [1.29, 1.82) is 0 Å². The number of rotatable bonds is 5. The molecule has 128 valence electrons. The zero-order valence-electron chi connectivity index (χ0n) is 14.3. The molecule has 2 rings (SSSR count). The Balaban J connectivity index is 1.89. The van der Waals surface area contributed by atoms with Gasteiger partial charge < -0.3 is 15.5 Å². The molecule has 1 atom stereocenters. The molecular formula is C17H28ClN5. The highest BCUT2D eigenvalue weighted by molar-refractivity contribution is 6.30. The maximum atomic E-state index is 5.92. The Kier molecular flexibility index (Phi) is 7.15. The second-order valence-electron chi connectivity index (χ2n) is 6.10. The molecule has 23 heavy (non-hydrogen) atoms. The SMILES string of the molecule is CCNC(=NCc1ccc(Cl)cc1)NCC1CN(C)CCN1C. The van der Waals surface area contributed by atoms with Gasteiger partial charge in [-0.15, -0.1) is 0 Å². The molecule has 5 nitrogen and oxygen atoms in total. The number of aliphatic imine (C=N–C) groups is 1. The molecule has 0 spiro atoms. The number of nitrogens with one attached hydrogen (secondary N) is 2. The first-order chi connectivity index (χ1) is 11.1. The van der Waals surface area contributed by atoms with Crippen LogP contribution >= 0.6 is 11.6 Å². The van der Waals surface area contributed by atoms with Crippen LogP contribution < -0.4 is 10.6 Å². The normalized spacial score (nSPS) is 20.5. The first-order valence-corrected chi connectivity index (χ1v) is 8.61. The van der Waals surface area contributed by atoms with Crippen LogP contribution in [-0.2, 0) is 6.54 Å². The van der Waals surface area contributed by atoms with Gasteiger partial charge >= 0.3 is 0 Å². The lowest BCUT2D eigenvalue weighted by atomic mass is 10.2. The van der Waals surface area contributed by atoms with Crippen LogP contribution in [0.3, 0.4) is 0 Å². The number of likely N-dealkylation sites (N-methyl/N-ethyl adjacent to an activating group) is 2. The molecule has 0 aliphatic carbocycles. The standard InChI is InChI=1S/C17H28ClN5/c1-4-19-17(20-11-14-5-7-15(18)8-6-14)21-12-16-13-22(2)9-10-23(16)3/h5-8,16H,4,9-13H2,1-3H3,(H2,19,20,21). The first kappa shape index (κ1) is 18.0. The van der Waals surface area contributed by atoms with Crippen molar-refractivity contribution < 1.29 is 0 Å². The summed E-state index contributed by atoms with van der Waals surface area (Å²) < 4.78 is 0. The Morgan fingerprint density at radius 1 is 1.22 bits per heavy atom. The molecule has 2 N–H and O–H groups in total. The van der Waals surface area contributed by atoms with E-state index in [9.17, 15) is 0 Å². The molecule has 1 fully saturated rings. The van der Waals surface area contributed by atoms with Crippen LogP contribution in [0.2, 0.25) is 5.02 Å². The van der Waals surface area contributed by atoms with E-state index in [2.05, 4.69) is 46.4 Å². The molecule has 1 aliphatic heterocycles. The lowest BCUT2D eigenvalue weighted by Crippen LogP contribution is -2.55. The predicted molar refractivity (Wildman–Crippen MR) is 98.2 cm³/mol. The van der Waals surface area contributed by atoms with E-state index in [1.807, 2.05) is 24.3 Å². The van der Waals surface area contributed by atoms with E-state index in [1.165, 1.54) is 0 Å². The average molecular weight is 338 g/mol. The van der Waals surface area contributed by atoms with Gasteiger partial charge in [-0.25, -0.2) is 4.99 Å². The molecule has 1 aliphatic rings. The van der Waals surface area contributed by atoms with Crippen LogP contribution in [-0.4, -0.2) is 68.6 Å². The molecule has 1 aromatic rings. The minimum absolute atomic E-state index is 0.508. The molecule has 0 bridgehead atoms. The Bertz CT molecular complexity index is 502. The third kappa shape index (κ3) is 6.01. The first-order valence-electron chi connectivity index (χ1n) is 8.24. The lowest BCUT2D eigenvalue weighted by Gasteiger charge is -2.37. The van der Waals surface area contributed by atoms with Gasteiger partial charge in [0.1, 0.15) is 0 Å². The number of guanidine groups is 1. The summed E-state index contributed by atoms with van der Waals surface area (Å²) in [5.41, 5.74) is 1.15. The van der Waals surface area contributed by atoms with E-state index in [0.29, 0.717) is 12.6 Å². The van der Waals surface area contributed by atoms with Gasteiger partial charge in [0.15, 0.2) is 5.96 Å². The van der Waals surface area contributed by atoms with Crippen LogP contribution in [0.1, 0.15) is 12.5 Å². The summed E-state index contributed by atoms with van der Waals surface area (Å²) >= 11 is 5.92. The number of halogens is 1. The minimum Gasteiger partial charge on any atom is -0.357 e. The van der Waals surface area contributed by atoms with Crippen LogP contribution in [0.4, 0.5) is 0 Å². The quantitative estimate of drug-likeness (QED) is 0.633. The van der Waals surface area contributed by atoms with Crippen LogP contribution in [0.5, 0.6) is 0 Å². The molecule has 0 saturated carbocycles. The fraction of sp³-hybridized carbons (Fsp3) is 0.588. The van der Waals surface area contributed by atoms with Crippen molar-refractivity contribution in [2.45, 2.75) is 19.5 Å². The summed E-state index contributed by atoms with van der Waals surface area (Å²) in [6.45, 7) is 7.81. The van der Waals surface area contributed by atoms with E-state index < -0.39 is 0 Å². The smallest absolute Gasteiger partial charge is 0.191 e. The van der Waals surface area contributed by atoms with E-state index in [0.717, 1.165) is 49.3 Å².